The molecule has 0 saturated heterocycles. The van der Waals surface area contributed by atoms with E-state index in [9.17, 15) is 5.11 Å². The van der Waals surface area contributed by atoms with Gasteiger partial charge in [0.05, 0.1) is 6.04 Å². The minimum absolute atomic E-state index is 0.426. The highest BCUT2D eigenvalue weighted by molar-refractivity contribution is 5.77. The molecule has 1 aromatic carbocycles. The summed E-state index contributed by atoms with van der Waals surface area (Å²) in [6.45, 7) is 3.60. The van der Waals surface area contributed by atoms with Gasteiger partial charge in [-0.1, -0.05) is 0 Å². The molecule has 1 aromatic heterocycles. The largest absolute Gasteiger partial charge is 0.485 e. The Morgan fingerprint density at radius 1 is 1.33 bits per heavy atom. The molecule has 2 aromatic rings. The summed E-state index contributed by atoms with van der Waals surface area (Å²) >= 11 is 0. The van der Waals surface area contributed by atoms with E-state index < -0.39 is 17.7 Å². The van der Waals surface area contributed by atoms with Crippen LogP contribution in [-0.4, -0.2) is 27.1 Å². The highest BCUT2D eigenvalue weighted by Crippen LogP contribution is 2.40. The van der Waals surface area contributed by atoms with Gasteiger partial charge in [0, 0.05) is 11.6 Å². The molecule has 0 amide bonds. The molecule has 3 rings (SSSR count). The fourth-order valence-electron chi connectivity index (χ4n) is 2.26. The number of hydrogen-bond donors (Lipinski definition) is 3. The minimum atomic E-state index is -0.771. The van der Waals surface area contributed by atoms with Gasteiger partial charge in [0.2, 0.25) is 0 Å². The summed E-state index contributed by atoms with van der Waals surface area (Å²) in [6.07, 6.45) is -0.771. The molecule has 1 aliphatic rings. The van der Waals surface area contributed by atoms with Crippen molar-refractivity contribution in [1.29, 1.82) is 0 Å². The number of aliphatic hydroxyl groups is 1. The number of nitrogens with one attached hydrogen (secondary N) is 1. The molecule has 4 N–H and O–H groups in total. The second-order valence-electron chi connectivity index (χ2n) is 4.94. The predicted octanol–water partition coefficient (Wildman–Crippen LogP) is 0.259. The number of fused-ring (bicyclic) bond motifs is 2. The summed E-state index contributed by atoms with van der Waals surface area (Å²) in [5.74, 6) is 6.15. The van der Waals surface area contributed by atoms with E-state index in [1.165, 1.54) is 0 Å². The van der Waals surface area contributed by atoms with E-state index in [2.05, 4.69) is 20.4 Å². The topological polar surface area (TPSA) is 106 Å². The minimum Gasteiger partial charge on any atom is -0.485 e. The Morgan fingerprint density at radius 2 is 2.00 bits per heavy atom. The lowest BCUT2D eigenvalue weighted by Crippen LogP contribution is -2.53. The van der Waals surface area contributed by atoms with Gasteiger partial charge in [-0.2, -0.15) is 0 Å². The van der Waals surface area contributed by atoms with Crippen LogP contribution in [0.5, 0.6) is 5.75 Å². The van der Waals surface area contributed by atoms with Gasteiger partial charge in [-0.3, -0.25) is 11.3 Å². The first-order chi connectivity index (χ1) is 8.53. The summed E-state index contributed by atoms with van der Waals surface area (Å²) in [4.78, 5) is 0. The van der Waals surface area contributed by atoms with Crippen molar-refractivity contribution in [3.63, 3.8) is 0 Å². The monoisotopic (exact) mass is 250 g/mol. The molecule has 2 atom stereocenters. The second-order valence-corrected chi connectivity index (χ2v) is 4.94. The van der Waals surface area contributed by atoms with Crippen LogP contribution in [0.3, 0.4) is 0 Å². The van der Waals surface area contributed by atoms with Crippen LogP contribution in [0.4, 0.5) is 0 Å². The Hall–Kier alpha value is -1.70. The smallest absolute Gasteiger partial charge is 0.138 e. The Bertz CT molecular complexity index is 595. The van der Waals surface area contributed by atoms with E-state index in [1.54, 1.807) is 26.0 Å². The summed E-state index contributed by atoms with van der Waals surface area (Å²) in [5.41, 5.74) is 3.82. The number of aromatic nitrogens is 2. The lowest BCUT2D eigenvalue weighted by Gasteiger charge is -2.41. The van der Waals surface area contributed by atoms with Gasteiger partial charge in [-0.25, -0.2) is 4.63 Å². The van der Waals surface area contributed by atoms with E-state index in [0.29, 0.717) is 16.8 Å². The first kappa shape index (κ1) is 11.4. The maximum Gasteiger partial charge on any atom is 0.138 e. The maximum absolute atomic E-state index is 10.2. The van der Waals surface area contributed by atoms with Gasteiger partial charge in [0.1, 0.15) is 28.5 Å². The molecule has 7 heteroatoms. The first-order valence-corrected chi connectivity index (χ1v) is 5.62. The van der Waals surface area contributed by atoms with Gasteiger partial charge in [-0.15, -0.1) is 0 Å². The van der Waals surface area contributed by atoms with Crippen molar-refractivity contribution < 1.29 is 14.5 Å². The van der Waals surface area contributed by atoms with Gasteiger partial charge >= 0.3 is 0 Å². The van der Waals surface area contributed by atoms with E-state index >= 15 is 0 Å². The predicted molar refractivity (Wildman–Crippen MR) is 62.6 cm³/mol. The highest BCUT2D eigenvalue weighted by atomic mass is 16.6. The molecular weight excluding hydrogens is 236 g/mol. The normalized spacial score (nSPS) is 25.8. The van der Waals surface area contributed by atoms with E-state index in [0.717, 1.165) is 5.56 Å². The fourth-order valence-corrected chi connectivity index (χ4v) is 2.26. The van der Waals surface area contributed by atoms with Crippen LogP contribution in [0.1, 0.15) is 25.5 Å². The number of ether oxygens (including phenoxy) is 1. The van der Waals surface area contributed by atoms with Crippen molar-refractivity contribution >= 4 is 11.0 Å². The quantitative estimate of drug-likeness (QED) is 0.492. The zero-order valence-electron chi connectivity index (χ0n) is 10.0. The molecule has 7 nitrogen and oxygen atoms in total. The van der Waals surface area contributed by atoms with Crippen molar-refractivity contribution in [2.45, 2.75) is 31.6 Å². The van der Waals surface area contributed by atoms with Crippen molar-refractivity contribution in [3.8, 4) is 5.75 Å². The van der Waals surface area contributed by atoms with Gasteiger partial charge in [-0.05, 0) is 30.2 Å². The molecule has 0 bridgehead atoms. The lowest BCUT2D eigenvalue weighted by atomic mass is 9.87. The van der Waals surface area contributed by atoms with Crippen molar-refractivity contribution in [1.82, 2.24) is 15.7 Å². The molecular formula is C11H14N4O3. The Morgan fingerprint density at radius 3 is 2.67 bits per heavy atom. The number of hydrogen-bond acceptors (Lipinski definition) is 7. The summed E-state index contributed by atoms with van der Waals surface area (Å²) in [7, 11) is 0. The zero-order chi connectivity index (χ0) is 12.9. The van der Waals surface area contributed by atoms with Crippen molar-refractivity contribution in [2.75, 3.05) is 0 Å². The Labute approximate surface area is 103 Å². The molecule has 2 unspecified atom stereocenters. The average Bonchev–Trinajstić information content (AvgIpc) is 2.75. The second kappa shape index (κ2) is 3.64. The standard InChI is InChI=1S/C11H14N4O3/c1-11(2)10(16)9(13-12)5-3-6-7(15-18-14-6)4-8(5)17-11/h3-4,9-10,13,16H,12H2,1-2H3. The zero-order valence-corrected chi connectivity index (χ0v) is 10.0. The summed E-state index contributed by atoms with van der Waals surface area (Å²) in [6, 6.07) is 3.06. The van der Waals surface area contributed by atoms with Crippen LogP contribution in [0, 0.1) is 0 Å². The molecule has 96 valence electrons. The van der Waals surface area contributed by atoms with E-state index in [-0.39, 0.29) is 0 Å². The molecule has 0 fully saturated rings. The highest BCUT2D eigenvalue weighted by Gasteiger charge is 2.42. The number of nitrogens with two attached hydrogens (primary N) is 1. The van der Waals surface area contributed by atoms with E-state index in [4.69, 9.17) is 10.6 Å². The lowest BCUT2D eigenvalue weighted by molar-refractivity contribution is -0.0644. The van der Waals surface area contributed by atoms with Crippen LogP contribution in [0.25, 0.3) is 11.0 Å². The molecule has 18 heavy (non-hydrogen) atoms. The van der Waals surface area contributed by atoms with Crippen LogP contribution < -0.4 is 16.0 Å². The third-order valence-electron chi connectivity index (χ3n) is 3.30. The fraction of sp³-hybridized carbons (Fsp3) is 0.455. The number of nitrogens with zero attached hydrogens (tertiary/aromatic N) is 2. The average molecular weight is 250 g/mol. The van der Waals surface area contributed by atoms with E-state index in [1.807, 2.05) is 0 Å². The van der Waals surface area contributed by atoms with Gasteiger partial charge < -0.3 is 9.84 Å². The van der Waals surface area contributed by atoms with Crippen LogP contribution >= 0.6 is 0 Å². The molecule has 0 spiro atoms. The molecule has 0 aliphatic carbocycles. The van der Waals surface area contributed by atoms with Crippen molar-refractivity contribution in [2.24, 2.45) is 5.84 Å². The SMILES string of the molecule is CC1(C)Oc2cc3nonc3cc2C(NN)C1O. The number of hydrazine groups is 1. The van der Waals surface area contributed by atoms with Crippen LogP contribution in [0.15, 0.2) is 16.8 Å². The number of aliphatic hydroxyl groups excluding tert-OH is 1. The van der Waals surface area contributed by atoms with Gasteiger partial charge in [0.15, 0.2) is 0 Å². The van der Waals surface area contributed by atoms with Crippen LogP contribution in [-0.2, 0) is 0 Å². The summed E-state index contributed by atoms with van der Waals surface area (Å²) in [5, 5.41) is 17.8. The van der Waals surface area contributed by atoms with Gasteiger partial charge in [0.25, 0.3) is 0 Å². The molecule has 1 aliphatic heterocycles. The molecule has 0 radical (unpaired) electrons. The third-order valence-corrected chi connectivity index (χ3v) is 3.30. The first-order valence-electron chi connectivity index (χ1n) is 5.62. The summed E-state index contributed by atoms with van der Waals surface area (Å²) < 4.78 is 10.4. The Kier molecular flexibility index (Phi) is 2.31. The molecule has 2 heterocycles. The third kappa shape index (κ3) is 1.48. The van der Waals surface area contributed by atoms with Crippen LogP contribution in [0.2, 0.25) is 0 Å². The number of rotatable bonds is 1. The Balaban J connectivity index is 2.21. The van der Waals surface area contributed by atoms with Crippen molar-refractivity contribution in [3.05, 3.63) is 17.7 Å². The number of benzene rings is 1. The maximum atomic E-state index is 10.2. The molecule has 0 saturated carbocycles.